The Morgan fingerprint density at radius 1 is 1.38 bits per heavy atom. The molecule has 2 N–H and O–H groups in total. The summed E-state index contributed by atoms with van der Waals surface area (Å²) in [7, 11) is 0. The molecule has 0 aromatic heterocycles. The molecule has 0 spiro atoms. The number of benzene rings is 1. The van der Waals surface area contributed by atoms with E-state index < -0.39 is 5.91 Å². The molecular weight excluding hydrogens is 166 g/mol. The molecule has 68 valence electrons. The van der Waals surface area contributed by atoms with Crippen LogP contribution in [0.15, 0.2) is 36.4 Å². The molecule has 0 saturated heterocycles. The number of carbonyl (C=O) groups is 1. The lowest BCUT2D eigenvalue weighted by atomic mass is 10.2. The van der Waals surface area contributed by atoms with E-state index in [1.54, 1.807) is 11.6 Å². The van der Waals surface area contributed by atoms with Gasteiger partial charge in [0.2, 0.25) is 5.91 Å². The van der Waals surface area contributed by atoms with Gasteiger partial charge in [-0.3, -0.25) is 10.0 Å². The Morgan fingerprint density at radius 3 is 2.69 bits per heavy atom. The fourth-order valence-corrected chi connectivity index (χ4v) is 0.912. The minimum Gasteiger partial charge on any atom is -0.289 e. The van der Waals surface area contributed by atoms with E-state index >= 15 is 0 Å². The Morgan fingerprint density at radius 2 is 2.08 bits per heavy atom. The summed E-state index contributed by atoms with van der Waals surface area (Å²) < 4.78 is 0. The zero-order chi connectivity index (χ0) is 9.52. The lowest BCUT2D eigenvalue weighted by Gasteiger charge is -1.92. The average molecular weight is 177 g/mol. The normalized spacial score (nSPS) is 10.2. The molecule has 0 radical (unpaired) electrons. The van der Waals surface area contributed by atoms with E-state index in [4.69, 9.17) is 5.21 Å². The zero-order valence-electron chi connectivity index (χ0n) is 7.10. The van der Waals surface area contributed by atoms with Crippen molar-refractivity contribution in [1.82, 2.24) is 5.48 Å². The predicted octanol–water partition coefficient (Wildman–Crippen LogP) is 1.60. The summed E-state index contributed by atoms with van der Waals surface area (Å²) in [5, 5.41) is 8.20. The van der Waals surface area contributed by atoms with E-state index in [-0.39, 0.29) is 6.42 Å². The minimum atomic E-state index is -0.410. The highest BCUT2D eigenvalue weighted by Gasteiger charge is 1.92. The molecule has 0 aliphatic rings. The van der Waals surface area contributed by atoms with Crippen molar-refractivity contribution in [3.8, 4) is 0 Å². The maximum absolute atomic E-state index is 10.6. The molecule has 3 heteroatoms. The van der Waals surface area contributed by atoms with Crippen molar-refractivity contribution in [2.24, 2.45) is 0 Å². The molecule has 1 aromatic rings. The maximum Gasteiger partial charge on any atom is 0.247 e. The van der Waals surface area contributed by atoms with Gasteiger partial charge in [0.05, 0.1) is 0 Å². The Labute approximate surface area is 76.7 Å². The average Bonchev–Trinajstić information content (AvgIpc) is 2.19. The van der Waals surface area contributed by atoms with Gasteiger partial charge in [-0.1, -0.05) is 42.5 Å². The smallest absolute Gasteiger partial charge is 0.247 e. The third kappa shape index (κ3) is 3.53. The van der Waals surface area contributed by atoms with Crippen LogP contribution < -0.4 is 5.48 Å². The molecular formula is C10H11NO2. The lowest BCUT2D eigenvalue weighted by molar-refractivity contribution is -0.128. The molecule has 0 bridgehead atoms. The third-order valence-electron chi connectivity index (χ3n) is 1.54. The SMILES string of the molecule is O=C(C/C=C/c1ccccc1)NO. The van der Waals surface area contributed by atoms with Gasteiger partial charge in [-0.05, 0) is 5.56 Å². The molecule has 0 atom stereocenters. The summed E-state index contributed by atoms with van der Waals surface area (Å²) in [4.78, 5) is 10.6. The molecule has 1 aromatic carbocycles. The molecule has 0 aliphatic heterocycles. The van der Waals surface area contributed by atoms with Crippen LogP contribution in [0.5, 0.6) is 0 Å². The maximum atomic E-state index is 10.6. The first kappa shape index (κ1) is 9.48. The molecule has 0 aliphatic carbocycles. The number of rotatable bonds is 3. The number of amides is 1. The number of carbonyl (C=O) groups excluding carboxylic acids is 1. The summed E-state index contributed by atoms with van der Waals surface area (Å²) in [5.74, 6) is -0.410. The largest absolute Gasteiger partial charge is 0.289 e. The van der Waals surface area contributed by atoms with Crippen LogP contribution in [0.25, 0.3) is 6.08 Å². The van der Waals surface area contributed by atoms with Gasteiger partial charge in [-0.25, -0.2) is 5.48 Å². The highest BCUT2D eigenvalue weighted by atomic mass is 16.5. The van der Waals surface area contributed by atoms with Gasteiger partial charge < -0.3 is 0 Å². The molecule has 0 saturated carbocycles. The van der Waals surface area contributed by atoms with Gasteiger partial charge >= 0.3 is 0 Å². The van der Waals surface area contributed by atoms with E-state index in [1.807, 2.05) is 36.4 Å². The number of hydroxylamine groups is 1. The van der Waals surface area contributed by atoms with Gasteiger partial charge in [0, 0.05) is 6.42 Å². The number of hydrogen-bond donors (Lipinski definition) is 2. The summed E-state index contributed by atoms with van der Waals surface area (Å²) in [5.41, 5.74) is 2.60. The van der Waals surface area contributed by atoms with Crippen LogP contribution in [0.2, 0.25) is 0 Å². The van der Waals surface area contributed by atoms with Crippen molar-refractivity contribution in [1.29, 1.82) is 0 Å². The molecule has 1 amide bonds. The monoisotopic (exact) mass is 177 g/mol. The third-order valence-corrected chi connectivity index (χ3v) is 1.54. The topological polar surface area (TPSA) is 49.3 Å². The zero-order valence-corrected chi connectivity index (χ0v) is 7.10. The number of hydrogen-bond acceptors (Lipinski definition) is 2. The van der Waals surface area contributed by atoms with Crippen molar-refractivity contribution < 1.29 is 10.0 Å². The van der Waals surface area contributed by atoms with E-state index in [0.717, 1.165) is 5.56 Å². The van der Waals surface area contributed by atoms with Crippen molar-refractivity contribution in [2.45, 2.75) is 6.42 Å². The van der Waals surface area contributed by atoms with Crippen LogP contribution in [0, 0.1) is 0 Å². The van der Waals surface area contributed by atoms with Crippen LogP contribution in [-0.4, -0.2) is 11.1 Å². The van der Waals surface area contributed by atoms with Gasteiger partial charge in [0.15, 0.2) is 0 Å². The Hall–Kier alpha value is -1.61. The van der Waals surface area contributed by atoms with Gasteiger partial charge in [0.25, 0.3) is 0 Å². The molecule has 3 nitrogen and oxygen atoms in total. The van der Waals surface area contributed by atoms with Crippen molar-refractivity contribution >= 4 is 12.0 Å². The second-order valence-corrected chi connectivity index (χ2v) is 2.55. The van der Waals surface area contributed by atoms with Crippen LogP contribution >= 0.6 is 0 Å². The van der Waals surface area contributed by atoms with E-state index in [2.05, 4.69) is 0 Å². The highest BCUT2D eigenvalue weighted by molar-refractivity contribution is 5.77. The molecule has 0 fully saturated rings. The molecule has 0 unspecified atom stereocenters. The van der Waals surface area contributed by atoms with Crippen molar-refractivity contribution in [3.05, 3.63) is 42.0 Å². The fourth-order valence-electron chi connectivity index (χ4n) is 0.912. The van der Waals surface area contributed by atoms with Crippen molar-refractivity contribution in [2.75, 3.05) is 0 Å². The minimum absolute atomic E-state index is 0.186. The van der Waals surface area contributed by atoms with Gasteiger partial charge in [-0.2, -0.15) is 0 Å². The Bertz CT molecular complexity index is 293. The second-order valence-electron chi connectivity index (χ2n) is 2.55. The van der Waals surface area contributed by atoms with E-state index in [1.165, 1.54) is 0 Å². The predicted molar refractivity (Wildman–Crippen MR) is 50.0 cm³/mol. The summed E-state index contributed by atoms with van der Waals surface area (Å²) in [6.07, 6.45) is 3.71. The first-order valence-corrected chi connectivity index (χ1v) is 3.97. The lowest BCUT2D eigenvalue weighted by Crippen LogP contribution is -2.16. The Balaban J connectivity index is 2.45. The van der Waals surface area contributed by atoms with Crippen LogP contribution in [0.1, 0.15) is 12.0 Å². The summed E-state index contributed by atoms with van der Waals surface area (Å²) in [6.45, 7) is 0. The summed E-state index contributed by atoms with van der Waals surface area (Å²) >= 11 is 0. The fraction of sp³-hybridized carbons (Fsp3) is 0.100. The van der Waals surface area contributed by atoms with Gasteiger partial charge in [0.1, 0.15) is 0 Å². The van der Waals surface area contributed by atoms with Gasteiger partial charge in [-0.15, -0.1) is 0 Å². The number of nitrogens with one attached hydrogen (secondary N) is 1. The summed E-state index contributed by atoms with van der Waals surface area (Å²) in [6, 6.07) is 9.65. The van der Waals surface area contributed by atoms with Crippen LogP contribution in [0.4, 0.5) is 0 Å². The molecule has 13 heavy (non-hydrogen) atoms. The first-order chi connectivity index (χ1) is 6.33. The van der Waals surface area contributed by atoms with Crippen molar-refractivity contribution in [3.63, 3.8) is 0 Å². The van der Waals surface area contributed by atoms with E-state index in [9.17, 15) is 4.79 Å². The van der Waals surface area contributed by atoms with E-state index in [0.29, 0.717) is 0 Å². The highest BCUT2D eigenvalue weighted by Crippen LogP contribution is 2.01. The first-order valence-electron chi connectivity index (χ1n) is 3.97. The Kier molecular flexibility index (Phi) is 3.73. The van der Waals surface area contributed by atoms with Crippen LogP contribution in [-0.2, 0) is 4.79 Å². The van der Waals surface area contributed by atoms with Crippen LogP contribution in [0.3, 0.4) is 0 Å². The molecule has 0 heterocycles. The quantitative estimate of drug-likeness (QED) is 0.544. The second kappa shape index (κ2) is 5.11. The molecule has 1 rings (SSSR count). The standard InChI is InChI=1S/C10H11NO2/c12-10(11-13)8-4-7-9-5-2-1-3-6-9/h1-7,13H,8H2,(H,11,12)/b7-4+.